The van der Waals surface area contributed by atoms with Crippen molar-refractivity contribution in [2.45, 2.75) is 25.8 Å². The molecule has 6 nitrogen and oxygen atoms in total. The molecule has 2 aromatic heterocycles. The highest BCUT2D eigenvalue weighted by molar-refractivity contribution is 5.47. The molecule has 0 radical (unpaired) electrons. The minimum atomic E-state index is 0.635. The van der Waals surface area contributed by atoms with E-state index in [1.54, 1.807) is 6.33 Å². The maximum Gasteiger partial charge on any atom is 0.254 e. The van der Waals surface area contributed by atoms with E-state index in [9.17, 15) is 0 Å². The van der Waals surface area contributed by atoms with E-state index in [-0.39, 0.29) is 0 Å². The van der Waals surface area contributed by atoms with Crippen molar-refractivity contribution in [3.05, 3.63) is 18.1 Å². The first-order valence-electron chi connectivity index (χ1n) is 6.37. The Morgan fingerprint density at radius 3 is 2.83 bits per heavy atom. The van der Waals surface area contributed by atoms with Crippen LogP contribution in [0, 0.1) is 6.92 Å². The van der Waals surface area contributed by atoms with Crippen LogP contribution in [0.4, 0.5) is 5.82 Å². The first kappa shape index (κ1) is 11.4. The third-order valence-corrected chi connectivity index (χ3v) is 3.59. The molecule has 18 heavy (non-hydrogen) atoms. The van der Waals surface area contributed by atoms with Crippen molar-refractivity contribution in [2.75, 3.05) is 25.0 Å². The van der Waals surface area contributed by atoms with Crippen LogP contribution in [0.25, 0.3) is 5.78 Å². The lowest BCUT2D eigenvalue weighted by Gasteiger charge is -2.33. The first-order valence-corrected chi connectivity index (χ1v) is 6.37. The number of fused-ring (bicyclic) bond motifs is 1. The Labute approximate surface area is 106 Å². The molecule has 0 aromatic carbocycles. The van der Waals surface area contributed by atoms with Gasteiger partial charge in [-0.2, -0.15) is 14.6 Å². The summed E-state index contributed by atoms with van der Waals surface area (Å²) in [6.45, 7) is 4.09. The Morgan fingerprint density at radius 2 is 2.11 bits per heavy atom. The van der Waals surface area contributed by atoms with Crippen molar-refractivity contribution in [1.29, 1.82) is 0 Å². The lowest BCUT2D eigenvalue weighted by atomic mass is 10.1. The third kappa shape index (κ3) is 1.92. The van der Waals surface area contributed by atoms with Crippen LogP contribution in [0.5, 0.6) is 0 Å². The zero-order valence-electron chi connectivity index (χ0n) is 10.8. The van der Waals surface area contributed by atoms with E-state index in [0.717, 1.165) is 37.4 Å². The van der Waals surface area contributed by atoms with Gasteiger partial charge in [0.05, 0.1) is 0 Å². The molecule has 0 atom stereocenters. The van der Waals surface area contributed by atoms with Gasteiger partial charge in [-0.1, -0.05) is 0 Å². The molecule has 1 aliphatic rings. The molecule has 3 rings (SSSR count). The van der Waals surface area contributed by atoms with Crippen molar-refractivity contribution in [3.8, 4) is 0 Å². The normalized spacial score (nSPS) is 17.6. The fourth-order valence-electron chi connectivity index (χ4n) is 2.53. The second kappa shape index (κ2) is 4.53. The molecule has 96 valence electrons. The SMILES string of the molecule is CNC1CCN(c2cc(C)nc3ncnn23)CC1. The molecule has 6 heteroatoms. The Hall–Kier alpha value is -1.69. The summed E-state index contributed by atoms with van der Waals surface area (Å²) in [5.41, 5.74) is 0.987. The van der Waals surface area contributed by atoms with Gasteiger partial charge in [0.25, 0.3) is 5.78 Å². The number of piperidine rings is 1. The zero-order valence-corrected chi connectivity index (χ0v) is 10.8. The lowest BCUT2D eigenvalue weighted by molar-refractivity contribution is 0.439. The summed E-state index contributed by atoms with van der Waals surface area (Å²) in [5, 5.41) is 7.61. The Morgan fingerprint density at radius 1 is 1.33 bits per heavy atom. The standard InChI is InChI=1S/C12H18N6/c1-9-7-11(18-12(16-9)14-8-15-18)17-5-3-10(13-2)4-6-17/h7-8,10,13H,3-6H2,1-2H3. The Balaban J connectivity index is 1.92. The summed E-state index contributed by atoms with van der Waals surface area (Å²) >= 11 is 0. The predicted molar refractivity (Wildman–Crippen MR) is 69.8 cm³/mol. The minimum Gasteiger partial charge on any atom is -0.356 e. The molecule has 1 saturated heterocycles. The van der Waals surface area contributed by atoms with Crippen molar-refractivity contribution in [3.63, 3.8) is 0 Å². The van der Waals surface area contributed by atoms with Gasteiger partial charge in [0.1, 0.15) is 12.1 Å². The van der Waals surface area contributed by atoms with Crippen molar-refractivity contribution >= 4 is 11.6 Å². The van der Waals surface area contributed by atoms with Crippen LogP contribution in [0.3, 0.4) is 0 Å². The van der Waals surface area contributed by atoms with Gasteiger partial charge in [-0.25, -0.2) is 4.98 Å². The highest BCUT2D eigenvalue weighted by Crippen LogP contribution is 2.20. The number of nitrogens with zero attached hydrogens (tertiary/aromatic N) is 5. The molecule has 3 heterocycles. The van der Waals surface area contributed by atoms with E-state index in [0.29, 0.717) is 11.8 Å². The van der Waals surface area contributed by atoms with E-state index in [4.69, 9.17) is 0 Å². The highest BCUT2D eigenvalue weighted by Gasteiger charge is 2.20. The number of hydrogen-bond acceptors (Lipinski definition) is 5. The number of rotatable bonds is 2. The fraction of sp³-hybridized carbons (Fsp3) is 0.583. The smallest absolute Gasteiger partial charge is 0.254 e. The van der Waals surface area contributed by atoms with Crippen molar-refractivity contribution in [2.24, 2.45) is 0 Å². The van der Waals surface area contributed by atoms with Gasteiger partial charge >= 0.3 is 0 Å². The number of aryl methyl sites for hydroxylation is 1. The van der Waals surface area contributed by atoms with E-state index in [2.05, 4.69) is 31.3 Å². The van der Waals surface area contributed by atoms with Gasteiger partial charge in [-0.05, 0) is 26.8 Å². The predicted octanol–water partition coefficient (Wildman–Crippen LogP) is 0.621. The van der Waals surface area contributed by atoms with Crippen molar-refractivity contribution in [1.82, 2.24) is 24.9 Å². The largest absolute Gasteiger partial charge is 0.356 e. The molecule has 1 N–H and O–H groups in total. The molecule has 0 amide bonds. The second-order valence-corrected chi connectivity index (χ2v) is 4.78. The maximum atomic E-state index is 4.37. The molecule has 2 aromatic rings. The number of anilines is 1. The second-order valence-electron chi connectivity index (χ2n) is 4.78. The highest BCUT2D eigenvalue weighted by atomic mass is 15.4. The summed E-state index contributed by atoms with van der Waals surface area (Å²) in [5.74, 6) is 1.78. The van der Waals surface area contributed by atoms with Crippen LogP contribution >= 0.6 is 0 Å². The average molecular weight is 246 g/mol. The van der Waals surface area contributed by atoms with E-state index in [1.165, 1.54) is 0 Å². The lowest BCUT2D eigenvalue weighted by Crippen LogP contribution is -2.42. The van der Waals surface area contributed by atoms with Crippen LogP contribution in [-0.2, 0) is 0 Å². The average Bonchev–Trinajstić information content (AvgIpc) is 2.86. The molecular formula is C12H18N6. The molecule has 0 bridgehead atoms. The van der Waals surface area contributed by atoms with E-state index < -0.39 is 0 Å². The topological polar surface area (TPSA) is 58.3 Å². The summed E-state index contributed by atoms with van der Waals surface area (Å²) in [6, 6.07) is 2.72. The summed E-state index contributed by atoms with van der Waals surface area (Å²) in [6.07, 6.45) is 3.88. The van der Waals surface area contributed by atoms with E-state index in [1.807, 2.05) is 18.5 Å². The zero-order chi connectivity index (χ0) is 12.5. The number of hydrogen-bond donors (Lipinski definition) is 1. The molecule has 1 aliphatic heterocycles. The van der Waals surface area contributed by atoms with Gasteiger partial charge in [0.2, 0.25) is 0 Å². The minimum absolute atomic E-state index is 0.635. The molecule has 0 saturated carbocycles. The van der Waals surface area contributed by atoms with Crippen molar-refractivity contribution < 1.29 is 0 Å². The van der Waals surface area contributed by atoms with Gasteiger partial charge in [-0.15, -0.1) is 0 Å². The molecule has 0 spiro atoms. The molecule has 1 fully saturated rings. The van der Waals surface area contributed by atoms with Gasteiger partial charge in [-0.3, -0.25) is 0 Å². The van der Waals surface area contributed by atoms with Crippen LogP contribution in [0.2, 0.25) is 0 Å². The maximum absolute atomic E-state index is 4.37. The molecule has 0 unspecified atom stereocenters. The van der Waals surface area contributed by atoms with Gasteiger partial charge in [0, 0.05) is 30.9 Å². The number of nitrogens with one attached hydrogen (secondary N) is 1. The third-order valence-electron chi connectivity index (χ3n) is 3.59. The number of aromatic nitrogens is 4. The summed E-state index contributed by atoms with van der Waals surface area (Å²) in [4.78, 5) is 10.9. The Kier molecular flexibility index (Phi) is 2.87. The van der Waals surface area contributed by atoms with Gasteiger partial charge < -0.3 is 10.2 Å². The van der Waals surface area contributed by atoms with Gasteiger partial charge in [0.15, 0.2) is 0 Å². The Bertz CT molecular complexity index is 540. The van der Waals surface area contributed by atoms with Crippen LogP contribution in [-0.4, -0.2) is 45.8 Å². The van der Waals surface area contributed by atoms with Crippen LogP contribution in [0.1, 0.15) is 18.5 Å². The monoisotopic (exact) mass is 246 g/mol. The van der Waals surface area contributed by atoms with Crippen LogP contribution in [0.15, 0.2) is 12.4 Å². The molecular weight excluding hydrogens is 228 g/mol. The van der Waals surface area contributed by atoms with Crippen LogP contribution < -0.4 is 10.2 Å². The first-order chi connectivity index (χ1) is 8.78. The summed E-state index contributed by atoms with van der Waals surface area (Å²) in [7, 11) is 2.03. The van der Waals surface area contributed by atoms with E-state index >= 15 is 0 Å². The summed E-state index contributed by atoms with van der Waals surface area (Å²) < 4.78 is 1.83. The quantitative estimate of drug-likeness (QED) is 0.842. The molecule has 0 aliphatic carbocycles. The fourth-order valence-corrected chi connectivity index (χ4v) is 2.53.